The van der Waals surface area contributed by atoms with Crippen molar-refractivity contribution < 1.29 is 9.53 Å². The molecule has 1 heterocycles. The molecule has 1 amide bonds. The van der Waals surface area contributed by atoms with Gasteiger partial charge in [-0.1, -0.05) is 35.9 Å². The Morgan fingerprint density at radius 1 is 1.11 bits per heavy atom. The van der Waals surface area contributed by atoms with Crippen LogP contribution in [0.1, 0.15) is 15.9 Å². The van der Waals surface area contributed by atoms with Crippen LogP contribution in [-0.2, 0) is 6.42 Å². The fourth-order valence-electron chi connectivity index (χ4n) is 2.59. The SMILES string of the molecule is COc1cccc(CCNC(=O)c2ccnc(Nc3ccccc3Cl)c2)c1. The van der Waals surface area contributed by atoms with E-state index in [1.54, 1.807) is 31.5 Å². The van der Waals surface area contributed by atoms with Gasteiger partial charge in [0.15, 0.2) is 0 Å². The van der Waals surface area contributed by atoms with Crippen LogP contribution in [-0.4, -0.2) is 24.5 Å². The highest BCUT2D eigenvalue weighted by Gasteiger charge is 2.08. The number of carbonyl (C=O) groups excluding carboxylic acids is 1. The molecule has 0 unspecified atom stereocenters. The van der Waals surface area contributed by atoms with Crippen LogP contribution in [0.15, 0.2) is 66.9 Å². The fraction of sp³-hybridized carbons (Fsp3) is 0.143. The molecule has 0 aliphatic carbocycles. The van der Waals surface area contributed by atoms with Gasteiger partial charge >= 0.3 is 0 Å². The average molecular weight is 382 g/mol. The molecule has 0 bridgehead atoms. The van der Waals surface area contributed by atoms with Crippen LogP contribution >= 0.6 is 11.6 Å². The summed E-state index contributed by atoms with van der Waals surface area (Å²) in [6, 6.07) is 18.6. The van der Waals surface area contributed by atoms with E-state index in [1.807, 2.05) is 42.5 Å². The number of anilines is 2. The van der Waals surface area contributed by atoms with Crippen molar-refractivity contribution in [2.75, 3.05) is 19.0 Å². The summed E-state index contributed by atoms with van der Waals surface area (Å²) in [5, 5.41) is 6.64. The molecule has 0 aliphatic rings. The Hall–Kier alpha value is -3.05. The summed E-state index contributed by atoms with van der Waals surface area (Å²) in [6.45, 7) is 0.529. The minimum atomic E-state index is -0.150. The topological polar surface area (TPSA) is 63.2 Å². The van der Waals surface area contributed by atoms with Gasteiger partial charge in [-0.2, -0.15) is 0 Å². The molecule has 2 N–H and O–H groups in total. The van der Waals surface area contributed by atoms with E-state index < -0.39 is 0 Å². The maximum Gasteiger partial charge on any atom is 0.251 e. The summed E-state index contributed by atoms with van der Waals surface area (Å²) in [4.78, 5) is 16.7. The quantitative estimate of drug-likeness (QED) is 0.634. The van der Waals surface area contributed by atoms with Gasteiger partial charge in [0.1, 0.15) is 11.6 Å². The average Bonchev–Trinajstić information content (AvgIpc) is 2.70. The number of nitrogens with one attached hydrogen (secondary N) is 2. The predicted octanol–water partition coefficient (Wildman–Crippen LogP) is 4.46. The van der Waals surface area contributed by atoms with Crippen molar-refractivity contribution in [2.45, 2.75) is 6.42 Å². The molecule has 5 nitrogen and oxygen atoms in total. The molecular weight excluding hydrogens is 362 g/mol. The Morgan fingerprint density at radius 2 is 1.96 bits per heavy atom. The maximum atomic E-state index is 12.4. The van der Waals surface area contributed by atoms with Gasteiger partial charge in [0.25, 0.3) is 5.91 Å². The third kappa shape index (κ3) is 5.21. The van der Waals surface area contributed by atoms with E-state index in [1.165, 1.54) is 0 Å². The molecule has 6 heteroatoms. The van der Waals surface area contributed by atoms with E-state index in [-0.39, 0.29) is 5.91 Å². The second-order valence-corrected chi connectivity index (χ2v) is 6.30. The number of para-hydroxylation sites is 1. The van der Waals surface area contributed by atoms with Crippen molar-refractivity contribution in [1.29, 1.82) is 0 Å². The summed E-state index contributed by atoms with van der Waals surface area (Å²) >= 11 is 6.15. The van der Waals surface area contributed by atoms with Crippen LogP contribution in [0.3, 0.4) is 0 Å². The zero-order valence-electron chi connectivity index (χ0n) is 14.9. The van der Waals surface area contributed by atoms with Crippen molar-refractivity contribution >= 4 is 29.0 Å². The first-order valence-corrected chi connectivity index (χ1v) is 8.92. The lowest BCUT2D eigenvalue weighted by atomic mass is 10.1. The van der Waals surface area contributed by atoms with Crippen LogP contribution in [0.25, 0.3) is 0 Å². The summed E-state index contributed by atoms with van der Waals surface area (Å²) in [5.41, 5.74) is 2.37. The summed E-state index contributed by atoms with van der Waals surface area (Å²) in [6.07, 6.45) is 2.31. The van der Waals surface area contributed by atoms with E-state index >= 15 is 0 Å². The molecule has 2 aromatic carbocycles. The number of ether oxygens (including phenoxy) is 1. The highest BCUT2D eigenvalue weighted by molar-refractivity contribution is 6.33. The van der Waals surface area contributed by atoms with Crippen LogP contribution in [0.2, 0.25) is 5.02 Å². The second kappa shape index (κ2) is 9.05. The number of nitrogens with zero attached hydrogens (tertiary/aromatic N) is 1. The largest absolute Gasteiger partial charge is 0.497 e. The molecule has 0 fully saturated rings. The maximum absolute atomic E-state index is 12.4. The van der Waals surface area contributed by atoms with Crippen LogP contribution < -0.4 is 15.4 Å². The van der Waals surface area contributed by atoms with Crippen molar-refractivity contribution in [1.82, 2.24) is 10.3 Å². The molecule has 138 valence electrons. The Labute approximate surface area is 163 Å². The molecule has 3 rings (SSSR count). The van der Waals surface area contributed by atoms with E-state index in [0.29, 0.717) is 22.9 Å². The number of hydrogen-bond acceptors (Lipinski definition) is 4. The Bertz CT molecular complexity index is 931. The molecular formula is C21H20ClN3O2. The molecule has 0 aliphatic heterocycles. The van der Waals surface area contributed by atoms with E-state index in [4.69, 9.17) is 16.3 Å². The lowest BCUT2D eigenvalue weighted by Crippen LogP contribution is -2.25. The van der Waals surface area contributed by atoms with E-state index in [0.717, 1.165) is 23.4 Å². The van der Waals surface area contributed by atoms with Gasteiger partial charge in [-0.25, -0.2) is 4.98 Å². The van der Waals surface area contributed by atoms with Crippen molar-refractivity contribution in [3.8, 4) is 5.75 Å². The number of benzene rings is 2. The standard InChI is InChI=1S/C21H20ClN3O2/c1-27-17-6-4-5-15(13-17)9-11-24-21(26)16-10-12-23-20(14-16)25-19-8-3-2-7-18(19)22/h2-8,10,12-14H,9,11H2,1H3,(H,23,25)(H,24,26). The van der Waals surface area contributed by atoms with Crippen LogP contribution in [0.4, 0.5) is 11.5 Å². The zero-order chi connectivity index (χ0) is 19.1. The summed E-state index contributed by atoms with van der Waals surface area (Å²) < 4.78 is 5.21. The predicted molar refractivity (Wildman–Crippen MR) is 108 cm³/mol. The summed E-state index contributed by atoms with van der Waals surface area (Å²) in [7, 11) is 1.64. The molecule has 1 aromatic heterocycles. The number of rotatable bonds is 7. The van der Waals surface area contributed by atoms with Gasteiger partial charge in [-0.3, -0.25) is 4.79 Å². The lowest BCUT2D eigenvalue weighted by Gasteiger charge is -2.10. The normalized spacial score (nSPS) is 10.3. The monoisotopic (exact) mass is 381 g/mol. The smallest absolute Gasteiger partial charge is 0.251 e. The first kappa shape index (κ1) is 18.7. The van der Waals surface area contributed by atoms with E-state index in [2.05, 4.69) is 15.6 Å². The molecule has 0 atom stereocenters. The van der Waals surface area contributed by atoms with Gasteiger partial charge in [0, 0.05) is 18.3 Å². The molecule has 0 saturated heterocycles. The lowest BCUT2D eigenvalue weighted by molar-refractivity contribution is 0.0954. The van der Waals surface area contributed by atoms with Crippen molar-refractivity contribution in [2.24, 2.45) is 0 Å². The van der Waals surface area contributed by atoms with Gasteiger partial charge in [-0.15, -0.1) is 0 Å². The van der Waals surface area contributed by atoms with Crippen LogP contribution in [0, 0.1) is 0 Å². The highest BCUT2D eigenvalue weighted by Crippen LogP contribution is 2.24. The Morgan fingerprint density at radius 3 is 2.78 bits per heavy atom. The molecule has 0 radical (unpaired) electrons. The Balaban J connectivity index is 1.59. The van der Waals surface area contributed by atoms with Gasteiger partial charge in [-0.05, 0) is 48.4 Å². The number of methoxy groups -OCH3 is 1. The van der Waals surface area contributed by atoms with Gasteiger partial charge < -0.3 is 15.4 Å². The van der Waals surface area contributed by atoms with Gasteiger partial charge in [0.2, 0.25) is 0 Å². The molecule has 0 saturated carbocycles. The first-order valence-electron chi connectivity index (χ1n) is 8.54. The molecule has 0 spiro atoms. The molecule has 3 aromatic rings. The van der Waals surface area contributed by atoms with Crippen molar-refractivity contribution in [3.63, 3.8) is 0 Å². The van der Waals surface area contributed by atoms with Gasteiger partial charge in [0.05, 0.1) is 17.8 Å². The number of carbonyl (C=O) groups is 1. The first-order chi connectivity index (χ1) is 13.2. The number of amides is 1. The highest BCUT2D eigenvalue weighted by atomic mass is 35.5. The summed E-state index contributed by atoms with van der Waals surface area (Å²) in [5.74, 6) is 1.22. The minimum Gasteiger partial charge on any atom is -0.497 e. The third-order valence-electron chi connectivity index (χ3n) is 3.99. The second-order valence-electron chi connectivity index (χ2n) is 5.89. The number of halogens is 1. The number of pyridine rings is 1. The minimum absolute atomic E-state index is 0.150. The zero-order valence-corrected chi connectivity index (χ0v) is 15.7. The fourth-order valence-corrected chi connectivity index (χ4v) is 2.77. The number of hydrogen-bond donors (Lipinski definition) is 2. The van der Waals surface area contributed by atoms with E-state index in [9.17, 15) is 4.79 Å². The van der Waals surface area contributed by atoms with Crippen LogP contribution in [0.5, 0.6) is 5.75 Å². The number of aromatic nitrogens is 1. The Kier molecular flexibility index (Phi) is 6.28. The molecule has 27 heavy (non-hydrogen) atoms. The third-order valence-corrected chi connectivity index (χ3v) is 4.32. The van der Waals surface area contributed by atoms with Crippen molar-refractivity contribution in [3.05, 3.63) is 83.0 Å².